The van der Waals surface area contributed by atoms with Crippen LogP contribution in [0.25, 0.3) is 0 Å². The Kier molecular flexibility index (Phi) is 5.60. The quantitative estimate of drug-likeness (QED) is 0.717. The molecular formula is C18H15BrFN3O3S. The van der Waals surface area contributed by atoms with Crippen LogP contribution >= 0.6 is 15.9 Å². The highest BCUT2D eigenvalue weighted by molar-refractivity contribution is 9.10. The highest BCUT2D eigenvalue weighted by Gasteiger charge is 2.30. The number of amides is 1. The number of hydrogen-bond acceptors (Lipinski definition) is 4. The average Bonchev–Trinajstić information content (AvgIpc) is 2.67. The zero-order valence-corrected chi connectivity index (χ0v) is 16.5. The predicted octanol–water partition coefficient (Wildman–Crippen LogP) is 2.61. The van der Waals surface area contributed by atoms with Crippen molar-refractivity contribution in [2.24, 2.45) is 0 Å². The van der Waals surface area contributed by atoms with E-state index in [1.54, 1.807) is 0 Å². The summed E-state index contributed by atoms with van der Waals surface area (Å²) in [5.41, 5.74) is 0.593. The fourth-order valence-corrected chi connectivity index (χ4v) is 4.73. The van der Waals surface area contributed by atoms with Crippen LogP contribution in [0.3, 0.4) is 0 Å². The van der Waals surface area contributed by atoms with Crippen molar-refractivity contribution in [2.75, 3.05) is 26.2 Å². The Morgan fingerprint density at radius 2 is 1.70 bits per heavy atom. The van der Waals surface area contributed by atoms with E-state index < -0.39 is 15.8 Å². The largest absolute Gasteiger partial charge is 0.336 e. The fourth-order valence-electron chi connectivity index (χ4n) is 2.84. The molecule has 0 saturated carbocycles. The van der Waals surface area contributed by atoms with Crippen molar-refractivity contribution in [3.05, 3.63) is 63.9 Å². The summed E-state index contributed by atoms with van der Waals surface area (Å²) >= 11 is 3.16. The third kappa shape index (κ3) is 4.18. The third-order valence-electron chi connectivity index (χ3n) is 4.26. The number of rotatable bonds is 3. The minimum absolute atomic E-state index is 0.107. The standard InChI is InChI=1S/C18H15BrFN3O3S/c19-15-9-14(10-16(20)11-15)18(24)22-5-7-23(8-6-22)27(25,26)17-3-1-13(12-21)2-4-17/h1-4,9-11H,5-8H2. The van der Waals surface area contributed by atoms with Crippen LogP contribution in [-0.4, -0.2) is 49.7 Å². The molecule has 27 heavy (non-hydrogen) atoms. The van der Waals surface area contributed by atoms with Gasteiger partial charge >= 0.3 is 0 Å². The molecular weight excluding hydrogens is 437 g/mol. The molecule has 0 aromatic heterocycles. The number of piperazine rings is 1. The van der Waals surface area contributed by atoms with Gasteiger partial charge in [-0.1, -0.05) is 15.9 Å². The predicted molar refractivity (Wildman–Crippen MR) is 99.9 cm³/mol. The van der Waals surface area contributed by atoms with Crippen molar-refractivity contribution in [2.45, 2.75) is 4.90 Å². The Labute approximate surface area is 165 Å². The molecule has 9 heteroatoms. The lowest BCUT2D eigenvalue weighted by Gasteiger charge is -2.34. The highest BCUT2D eigenvalue weighted by atomic mass is 79.9. The van der Waals surface area contributed by atoms with Gasteiger partial charge < -0.3 is 4.90 Å². The van der Waals surface area contributed by atoms with Crippen LogP contribution < -0.4 is 0 Å². The SMILES string of the molecule is N#Cc1ccc(S(=O)(=O)N2CCN(C(=O)c3cc(F)cc(Br)c3)CC2)cc1. The topological polar surface area (TPSA) is 81.5 Å². The first-order valence-corrected chi connectivity index (χ1v) is 10.3. The maximum Gasteiger partial charge on any atom is 0.254 e. The lowest BCUT2D eigenvalue weighted by molar-refractivity contribution is 0.0697. The van der Waals surface area contributed by atoms with Crippen LogP contribution in [0.1, 0.15) is 15.9 Å². The molecule has 1 aliphatic rings. The molecule has 0 N–H and O–H groups in total. The molecule has 2 aromatic rings. The Morgan fingerprint density at radius 1 is 1.07 bits per heavy atom. The van der Waals surface area contributed by atoms with Gasteiger partial charge in [0.1, 0.15) is 5.82 Å². The fraction of sp³-hybridized carbons (Fsp3) is 0.222. The molecule has 0 spiro atoms. The molecule has 1 aliphatic heterocycles. The lowest BCUT2D eigenvalue weighted by atomic mass is 10.2. The third-order valence-corrected chi connectivity index (χ3v) is 6.63. The molecule has 1 heterocycles. The number of nitrogens with zero attached hydrogens (tertiary/aromatic N) is 3. The molecule has 1 saturated heterocycles. The smallest absolute Gasteiger partial charge is 0.254 e. The molecule has 0 bridgehead atoms. The molecule has 0 radical (unpaired) electrons. The minimum atomic E-state index is -3.70. The van der Waals surface area contributed by atoms with E-state index in [1.807, 2.05) is 6.07 Å². The van der Waals surface area contributed by atoms with E-state index >= 15 is 0 Å². The van der Waals surface area contributed by atoms with Crippen LogP contribution in [0.2, 0.25) is 0 Å². The van der Waals surface area contributed by atoms with E-state index in [2.05, 4.69) is 15.9 Å². The molecule has 0 aliphatic carbocycles. The Hall–Kier alpha value is -2.28. The molecule has 1 amide bonds. The van der Waals surface area contributed by atoms with E-state index in [0.717, 1.165) is 6.07 Å². The summed E-state index contributed by atoms with van der Waals surface area (Å²) < 4.78 is 40.7. The molecule has 6 nitrogen and oxygen atoms in total. The van der Waals surface area contributed by atoms with Crippen molar-refractivity contribution in [3.63, 3.8) is 0 Å². The maximum absolute atomic E-state index is 13.5. The van der Waals surface area contributed by atoms with E-state index in [1.165, 1.54) is 45.6 Å². The number of hydrogen-bond donors (Lipinski definition) is 0. The van der Waals surface area contributed by atoms with Crippen LogP contribution in [0.5, 0.6) is 0 Å². The number of nitriles is 1. The second kappa shape index (κ2) is 7.76. The van der Waals surface area contributed by atoms with Gasteiger partial charge in [-0.2, -0.15) is 9.57 Å². The van der Waals surface area contributed by atoms with Gasteiger partial charge in [-0.05, 0) is 42.5 Å². The van der Waals surface area contributed by atoms with Crippen LogP contribution in [-0.2, 0) is 10.0 Å². The summed E-state index contributed by atoms with van der Waals surface area (Å²) in [5.74, 6) is -0.861. The summed E-state index contributed by atoms with van der Waals surface area (Å²) in [5, 5.41) is 8.82. The second-order valence-electron chi connectivity index (χ2n) is 5.99. The van der Waals surface area contributed by atoms with Crippen LogP contribution in [0, 0.1) is 17.1 Å². The van der Waals surface area contributed by atoms with Crippen LogP contribution in [0.4, 0.5) is 4.39 Å². The summed E-state index contributed by atoms with van der Waals surface area (Å²) in [6.45, 7) is 0.708. The van der Waals surface area contributed by atoms with Crippen molar-refractivity contribution in [3.8, 4) is 6.07 Å². The molecule has 0 unspecified atom stereocenters. The summed E-state index contributed by atoms with van der Waals surface area (Å²) in [6.07, 6.45) is 0. The maximum atomic E-state index is 13.5. The van der Waals surface area contributed by atoms with Gasteiger partial charge in [0.15, 0.2) is 0 Å². The van der Waals surface area contributed by atoms with Crippen LogP contribution in [0.15, 0.2) is 51.8 Å². The Morgan fingerprint density at radius 3 is 2.26 bits per heavy atom. The first-order chi connectivity index (χ1) is 12.8. The van der Waals surface area contributed by atoms with E-state index in [4.69, 9.17) is 5.26 Å². The number of benzene rings is 2. The molecule has 0 atom stereocenters. The molecule has 3 rings (SSSR count). The number of sulfonamides is 1. The van der Waals surface area contributed by atoms with E-state index in [-0.39, 0.29) is 42.5 Å². The zero-order valence-electron chi connectivity index (χ0n) is 14.1. The van der Waals surface area contributed by atoms with Crippen molar-refractivity contribution in [1.29, 1.82) is 5.26 Å². The van der Waals surface area contributed by atoms with Gasteiger partial charge in [0, 0.05) is 36.2 Å². The monoisotopic (exact) mass is 451 g/mol. The first-order valence-electron chi connectivity index (χ1n) is 8.07. The van der Waals surface area contributed by atoms with Gasteiger partial charge in [-0.25, -0.2) is 12.8 Å². The van der Waals surface area contributed by atoms with Crippen molar-refractivity contribution >= 4 is 31.9 Å². The minimum Gasteiger partial charge on any atom is -0.336 e. The second-order valence-corrected chi connectivity index (χ2v) is 8.84. The first kappa shape index (κ1) is 19.5. The van der Waals surface area contributed by atoms with Gasteiger partial charge in [0.2, 0.25) is 10.0 Å². The van der Waals surface area contributed by atoms with Gasteiger partial charge in [-0.15, -0.1) is 0 Å². The number of halogens is 2. The van der Waals surface area contributed by atoms with Crippen molar-refractivity contribution in [1.82, 2.24) is 9.21 Å². The summed E-state index contributed by atoms with van der Waals surface area (Å²) in [7, 11) is -3.70. The van der Waals surface area contributed by atoms with Gasteiger partial charge in [-0.3, -0.25) is 4.79 Å². The Bertz CT molecular complexity index is 991. The normalized spacial score (nSPS) is 15.4. The van der Waals surface area contributed by atoms with Crippen molar-refractivity contribution < 1.29 is 17.6 Å². The molecule has 140 valence electrons. The average molecular weight is 452 g/mol. The van der Waals surface area contributed by atoms with Gasteiger partial charge in [0.25, 0.3) is 5.91 Å². The van der Waals surface area contributed by atoms with E-state index in [9.17, 15) is 17.6 Å². The van der Waals surface area contributed by atoms with Gasteiger partial charge in [0.05, 0.1) is 16.5 Å². The summed E-state index contributed by atoms with van der Waals surface area (Å²) in [6, 6.07) is 11.6. The summed E-state index contributed by atoms with van der Waals surface area (Å²) in [4.78, 5) is 14.2. The number of carbonyl (C=O) groups excluding carboxylic acids is 1. The lowest BCUT2D eigenvalue weighted by Crippen LogP contribution is -2.50. The molecule has 1 fully saturated rings. The highest BCUT2D eigenvalue weighted by Crippen LogP contribution is 2.20. The zero-order chi connectivity index (χ0) is 19.6. The number of carbonyl (C=O) groups is 1. The molecule has 2 aromatic carbocycles. The Balaban J connectivity index is 1.70. The van der Waals surface area contributed by atoms with E-state index in [0.29, 0.717) is 10.0 Å².